The van der Waals surface area contributed by atoms with Crippen molar-refractivity contribution in [3.8, 4) is 6.07 Å². The molecule has 0 spiro atoms. The highest BCUT2D eigenvalue weighted by molar-refractivity contribution is 6.30. The summed E-state index contributed by atoms with van der Waals surface area (Å²) in [6.07, 6.45) is 5.44. The second-order valence-electron chi connectivity index (χ2n) is 6.13. The smallest absolute Gasteiger partial charge is 0.225 e. The lowest BCUT2D eigenvalue weighted by atomic mass is 10.0. The van der Waals surface area contributed by atoms with Gasteiger partial charge in [-0.15, -0.1) is 0 Å². The van der Waals surface area contributed by atoms with Crippen LogP contribution in [-0.2, 0) is 6.54 Å². The Morgan fingerprint density at radius 1 is 1.21 bits per heavy atom. The van der Waals surface area contributed by atoms with Gasteiger partial charge < -0.3 is 4.90 Å². The van der Waals surface area contributed by atoms with E-state index in [1.807, 2.05) is 31.3 Å². The highest BCUT2D eigenvalue weighted by atomic mass is 35.5. The maximum atomic E-state index is 8.86. The maximum absolute atomic E-state index is 8.86. The number of hydrogen-bond acceptors (Lipinski definition) is 5. The maximum Gasteiger partial charge on any atom is 0.225 e. The molecule has 124 valence electrons. The van der Waals surface area contributed by atoms with Crippen molar-refractivity contribution in [2.45, 2.75) is 25.4 Å². The van der Waals surface area contributed by atoms with Crippen LogP contribution >= 0.6 is 11.6 Å². The Hall–Kier alpha value is -2.16. The lowest BCUT2D eigenvalue weighted by Gasteiger charge is -2.36. The number of nitriles is 1. The Morgan fingerprint density at radius 2 is 1.83 bits per heavy atom. The van der Waals surface area contributed by atoms with Gasteiger partial charge in [0.05, 0.1) is 29.0 Å². The van der Waals surface area contributed by atoms with Crippen molar-refractivity contribution in [1.29, 1.82) is 5.26 Å². The Bertz CT molecular complexity index is 700. The number of rotatable bonds is 4. The fourth-order valence-corrected chi connectivity index (χ4v) is 3.16. The molecule has 0 bridgehead atoms. The van der Waals surface area contributed by atoms with Crippen LogP contribution in [0.4, 0.5) is 5.95 Å². The average molecular weight is 342 g/mol. The van der Waals surface area contributed by atoms with E-state index in [9.17, 15) is 0 Å². The van der Waals surface area contributed by atoms with Crippen molar-refractivity contribution in [2.24, 2.45) is 0 Å². The second-order valence-corrected chi connectivity index (χ2v) is 6.56. The van der Waals surface area contributed by atoms with Gasteiger partial charge in [0.15, 0.2) is 0 Å². The first-order valence-electron chi connectivity index (χ1n) is 8.07. The SMILES string of the molecule is CN(c1ncc(Cl)cn1)C1CCN(Cc2ccc(C#N)cc2)CC1. The summed E-state index contributed by atoms with van der Waals surface area (Å²) in [5, 5.41) is 9.42. The number of halogens is 1. The van der Waals surface area contributed by atoms with Crippen LogP contribution in [0.2, 0.25) is 5.02 Å². The van der Waals surface area contributed by atoms with E-state index < -0.39 is 0 Å². The molecule has 0 atom stereocenters. The third-order valence-corrected chi connectivity index (χ3v) is 4.71. The zero-order valence-electron chi connectivity index (χ0n) is 13.7. The van der Waals surface area contributed by atoms with Gasteiger partial charge in [0.2, 0.25) is 5.95 Å². The largest absolute Gasteiger partial charge is 0.341 e. The molecule has 3 rings (SSSR count). The van der Waals surface area contributed by atoms with Crippen molar-refractivity contribution in [3.63, 3.8) is 0 Å². The molecule has 1 aromatic carbocycles. The summed E-state index contributed by atoms with van der Waals surface area (Å²) in [6.45, 7) is 3.02. The summed E-state index contributed by atoms with van der Waals surface area (Å²) in [6, 6.07) is 10.4. The van der Waals surface area contributed by atoms with Gasteiger partial charge in [-0.05, 0) is 30.5 Å². The van der Waals surface area contributed by atoms with Crippen LogP contribution in [0.15, 0.2) is 36.7 Å². The fraction of sp³-hybridized carbons (Fsp3) is 0.389. The lowest BCUT2D eigenvalue weighted by molar-refractivity contribution is 0.203. The Kier molecular flexibility index (Phi) is 5.29. The van der Waals surface area contributed by atoms with Crippen LogP contribution in [0, 0.1) is 11.3 Å². The van der Waals surface area contributed by atoms with Crippen molar-refractivity contribution in [1.82, 2.24) is 14.9 Å². The molecular weight excluding hydrogens is 322 g/mol. The minimum Gasteiger partial charge on any atom is -0.341 e. The Labute approximate surface area is 147 Å². The van der Waals surface area contributed by atoms with Gasteiger partial charge in [0.25, 0.3) is 0 Å². The normalized spacial score (nSPS) is 15.9. The predicted octanol–water partition coefficient (Wildman–Crippen LogP) is 3.10. The minimum atomic E-state index is 0.448. The third kappa shape index (κ3) is 4.02. The zero-order chi connectivity index (χ0) is 16.9. The van der Waals surface area contributed by atoms with Gasteiger partial charge in [0.1, 0.15) is 0 Å². The van der Waals surface area contributed by atoms with Gasteiger partial charge >= 0.3 is 0 Å². The van der Waals surface area contributed by atoms with Crippen LogP contribution in [0.25, 0.3) is 0 Å². The van der Waals surface area contributed by atoms with Gasteiger partial charge in [-0.1, -0.05) is 23.7 Å². The van der Waals surface area contributed by atoms with E-state index in [0.717, 1.165) is 38.4 Å². The van der Waals surface area contributed by atoms with Gasteiger partial charge in [-0.25, -0.2) is 9.97 Å². The second kappa shape index (κ2) is 7.61. The van der Waals surface area contributed by atoms with Crippen LogP contribution in [-0.4, -0.2) is 41.0 Å². The first-order chi connectivity index (χ1) is 11.7. The van der Waals surface area contributed by atoms with E-state index in [2.05, 4.69) is 25.8 Å². The van der Waals surface area contributed by atoms with E-state index in [4.69, 9.17) is 16.9 Å². The summed E-state index contributed by atoms with van der Waals surface area (Å²) in [7, 11) is 2.05. The highest BCUT2D eigenvalue weighted by Crippen LogP contribution is 2.21. The molecule has 2 aromatic rings. The summed E-state index contributed by atoms with van der Waals surface area (Å²) in [5.74, 6) is 0.727. The molecule has 1 aliphatic rings. The highest BCUT2D eigenvalue weighted by Gasteiger charge is 2.23. The van der Waals surface area contributed by atoms with E-state index in [0.29, 0.717) is 16.6 Å². The molecule has 0 amide bonds. The number of hydrogen-bond donors (Lipinski definition) is 0. The molecule has 0 radical (unpaired) electrons. The fourth-order valence-electron chi connectivity index (χ4n) is 3.06. The first-order valence-corrected chi connectivity index (χ1v) is 8.45. The van der Waals surface area contributed by atoms with E-state index in [1.54, 1.807) is 12.4 Å². The van der Waals surface area contributed by atoms with E-state index >= 15 is 0 Å². The third-order valence-electron chi connectivity index (χ3n) is 4.52. The predicted molar refractivity (Wildman–Crippen MR) is 94.9 cm³/mol. The molecule has 2 heterocycles. The molecule has 1 aliphatic heterocycles. The van der Waals surface area contributed by atoms with Crippen molar-refractivity contribution >= 4 is 17.5 Å². The van der Waals surface area contributed by atoms with Gasteiger partial charge in [-0.3, -0.25) is 4.90 Å². The van der Waals surface area contributed by atoms with Crippen LogP contribution < -0.4 is 4.90 Å². The van der Waals surface area contributed by atoms with Gasteiger partial charge in [-0.2, -0.15) is 5.26 Å². The molecule has 1 fully saturated rings. The zero-order valence-corrected chi connectivity index (χ0v) is 14.4. The number of likely N-dealkylation sites (tertiary alicyclic amines) is 1. The summed E-state index contributed by atoms with van der Waals surface area (Å²) in [5.41, 5.74) is 1.96. The molecule has 0 saturated carbocycles. The Balaban J connectivity index is 1.53. The van der Waals surface area contributed by atoms with Crippen molar-refractivity contribution in [3.05, 3.63) is 52.8 Å². The Morgan fingerprint density at radius 3 is 2.42 bits per heavy atom. The number of aromatic nitrogens is 2. The molecule has 1 aromatic heterocycles. The van der Waals surface area contributed by atoms with Crippen molar-refractivity contribution < 1.29 is 0 Å². The number of piperidine rings is 1. The average Bonchev–Trinajstić information content (AvgIpc) is 2.63. The topological polar surface area (TPSA) is 56.1 Å². The van der Waals surface area contributed by atoms with Crippen LogP contribution in [0.5, 0.6) is 0 Å². The van der Waals surface area contributed by atoms with E-state index in [-0.39, 0.29) is 0 Å². The standard InChI is InChI=1S/C18H20ClN5/c1-23(18-21-11-16(19)12-22-18)17-6-8-24(9-7-17)13-15-4-2-14(10-20)3-5-15/h2-5,11-12,17H,6-9,13H2,1H3. The number of anilines is 1. The molecule has 24 heavy (non-hydrogen) atoms. The molecule has 6 heteroatoms. The molecule has 0 aliphatic carbocycles. The molecular formula is C18H20ClN5. The molecule has 0 N–H and O–H groups in total. The minimum absolute atomic E-state index is 0.448. The molecule has 0 unspecified atom stereocenters. The lowest BCUT2D eigenvalue weighted by Crippen LogP contribution is -2.43. The summed E-state index contributed by atoms with van der Waals surface area (Å²) < 4.78 is 0. The summed E-state index contributed by atoms with van der Waals surface area (Å²) >= 11 is 5.85. The number of benzene rings is 1. The monoisotopic (exact) mass is 341 g/mol. The van der Waals surface area contributed by atoms with Crippen LogP contribution in [0.1, 0.15) is 24.0 Å². The summed E-state index contributed by atoms with van der Waals surface area (Å²) in [4.78, 5) is 13.2. The van der Waals surface area contributed by atoms with Gasteiger partial charge in [0, 0.05) is 32.7 Å². The molecule has 1 saturated heterocycles. The first kappa shape index (κ1) is 16.7. The van der Waals surface area contributed by atoms with E-state index in [1.165, 1.54) is 5.56 Å². The number of nitrogens with zero attached hydrogens (tertiary/aromatic N) is 5. The van der Waals surface area contributed by atoms with Crippen molar-refractivity contribution in [2.75, 3.05) is 25.0 Å². The molecule has 5 nitrogen and oxygen atoms in total. The quantitative estimate of drug-likeness (QED) is 0.855. The van der Waals surface area contributed by atoms with Crippen LogP contribution in [0.3, 0.4) is 0 Å².